The molecular formula is C12H15Cl2NO2. The number of carbonyl (C=O) groups is 1. The monoisotopic (exact) mass is 275 g/mol. The van der Waals surface area contributed by atoms with Gasteiger partial charge < -0.3 is 10.1 Å². The van der Waals surface area contributed by atoms with Crippen LogP contribution in [0.2, 0.25) is 10.0 Å². The Hall–Kier alpha value is -0.770. The Kier molecular flexibility index (Phi) is 6.34. The summed E-state index contributed by atoms with van der Waals surface area (Å²) in [5.74, 6) is -0.177. The molecule has 0 saturated carbocycles. The second-order valence-corrected chi connectivity index (χ2v) is 4.42. The Labute approximate surface area is 111 Å². The zero-order valence-corrected chi connectivity index (χ0v) is 11.1. The lowest BCUT2D eigenvalue weighted by Gasteiger charge is -2.06. The Balaban J connectivity index is 2.42. The fourth-order valence-electron chi connectivity index (χ4n) is 1.34. The predicted molar refractivity (Wildman–Crippen MR) is 69.9 cm³/mol. The molecule has 1 N–H and O–H groups in total. The van der Waals surface area contributed by atoms with Crippen LogP contribution in [0.1, 0.15) is 23.2 Å². The third-order valence-electron chi connectivity index (χ3n) is 2.24. The molecular weight excluding hydrogens is 261 g/mol. The van der Waals surface area contributed by atoms with E-state index < -0.39 is 0 Å². The van der Waals surface area contributed by atoms with E-state index in [1.807, 2.05) is 0 Å². The van der Waals surface area contributed by atoms with Gasteiger partial charge in [0.1, 0.15) is 0 Å². The standard InChI is InChI=1S/C12H15Cl2NO2/c1-17-7-3-2-6-15-12(16)10-5-4-9(13)8-11(10)14/h4-5,8H,2-3,6-7H2,1H3,(H,15,16). The van der Waals surface area contributed by atoms with Gasteiger partial charge in [0.2, 0.25) is 0 Å². The molecule has 0 spiro atoms. The lowest BCUT2D eigenvalue weighted by molar-refractivity contribution is 0.0951. The number of rotatable bonds is 6. The van der Waals surface area contributed by atoms with Crippen LogP contribution in [-0.4, -0.2) is 26.2 Å². The fourth-order valence-corrected chi connectivity index (χ4v) is 1.84. The molecule has 1 aromatic carbocycles. The van der Waals surface area contributed by atoms with Gasteiger partial charge in [-0.15, -0.1) is 0 Å². The van der Waals surface area contributed by atoms with Crippen LogP contribution in [0.5, 0.6) is 0 Å². The van der Waals surface area contributed by atoms with Gasteiger partial charge in [0.15, 0.2) is 0 Å². The zero-order valence-electron chi connectivity index (χ0n) is 9.63. The Morgan fingerprint density at radius 1 is 1.35 bits per heavy atom. The van der Waals surface area contributed by atoms with Crippen molar-refractivity contribution in [3.63, 3.8) is 0 Å². The summed E-state index contributed by atoms with van der Waals surface area (Å²) in [6, 6.07) is 4.82. The zero-order chi connectivity index (χ0) is 12.7. The number of nitrogens with one attached hydrogen (secondary N) is 1. The lowest BCUT2D eigenvalue weighted by atomic mass is 10.2. The Morgan fingerprint density at radius 3 is 2.76 bits per heavy atom. The molecule has 0 heterocycles. The summed E-state index contributed by atoms with van der Waals surface area (Å²) < 4.78 is 4.92. The van der Waals surface area contributed by atoms with E-state index in [0.717, 1.165) is 12.8 Å². The summed E-state index contributed by atoms with van der Waals surface area (Å²) in [4.78, 5) is 11.7. The van der Waals surface area contributed by atoms with Gasteiger partial charge in [-0.2, -0.15) is 0 Å². The molecule has 0 unspecified atom stereocenters. The van der Waals surface area contributed by atoms with Crippen molar-refractivity contribution >= 4 is 29.1 Å². The van der Waals surface area contributed by atoms with Crippen LogP contribution in [0.25, 0.3) is 0 Å². The summed E-state index contributed by atoms with van der Waals surface area (Å²) in [5, 5.41) is 3.68. The molecule has 0 aliphatic heterocycles. The third-order valence-corrected chi connectivity index (χ3v) is 2.78. The normalized spacial score (nSPS) is 10.3. The van der Waals surface area contributed by atoms with Crippen molar-refractivity contribution in [1.82, 2.24) is 5.32 Å². The third kappa shape index (κ3) is 4.94. The van der Waals surface area contributed by atoms with Crippen molar-refractivity contribution in [2.75, 3.05) is 20.3 Å². The van der Waals surface area contributed by atoms with Gasteiger partial charge in [-0.05, 0) is 31.0 Å². The number of methoxy groups -OCH3 is 1. The molecule has 0 bridgehead atoms. The van der Waals surface area contributed by atoms with E-state index in [1.54, 1.807) is 25.3 Å². The smallest absolute Gasteiger partial charge is 0.252 e. The molecule has 0 atom stereocenters. The molecule has 0 saturated heterocycles. The lowest BCUT2D eigenvalue weighted by Crippen LogP contribution is -2.24. The van der Waals surface area contributed by atoms with E-state index in [0.29, 0.717) is 28.8 Å². The van der Waals surface area contributed by atoms with Gasteiger partial charge in [-0.1, -0.05) is 23.2 Å². The minimum Gasteiger partial charge on any atom is -0.385 e. The number of amides is 1. The van der Waals surface area contributed by atoms with Gasteiger partial charge in [0.05, 0.1) is 10.6 Å². The second kappa shape index (κ2) is 7.54. The van der Waals surface area contributed by atoms with Gasteiger partial charge in [0, 0.05) is 25.3 Å². The van der Waals surface area contributed by atoms with E-state index in [1.165, 1.54) is 0 Å². The molecule has 3 nitrogen and oxygen atoms in total. The highest BCUT2D eigenvalue weighted by atomic mass is 35.5. The van der Waals surface area contributed by atoms with Gasteiger partial charge in [0.25, 0.3) is 5.91 Å². The van der Waals surface area contributed by atoms with Crippen LogP contribution in [0.15, 0.2) is 18.2 Å². The van der Waals surface area contributed by atoms with Crippen LogP contribution < -0.4 is 5.32 Å². The molecule has 0 aliphatic rings. The molecule has 0 fully saturated rings. The van der Waals surface area contributed by atoms with Crippen LogP contribution in [0, 0.1) is 0 Å². The van der Waals surface area contributed by atoms with E-state index in [4.69, 9.17) is 27.9 Å². The van der Waals surface area contributed by atoms with E-state index >= 15 is 0 Å². The number of hydrogen-bond donors (Lipinski definition) is 1. The second-order valence-electron chi connectivity index (χ2n) is 3.58. The molecule has 0 aromatic heterocycles. The summed E-state index contributed by atoms with van der Waals surface area (Å²) in [6.07, 6.45) is 1.80. The fraction of sp³-hybridized carbons (Fsp3) is 0.417. The molecule has 1 aromatic rings. The van der Waals surface area contributed by atoms with Crippen LogP contribution in [-0.2, 0) is 4.74 Å². The average Bonchev–Trinajstić information content (AvgIpc) is 2.28. The first-order valence-corrected chi connectivity index (χ1v) is 6.13. The maximum Gasteiger partial charge on any atom is 0.252 e. The average molecular weight is 276 g/mol. The molecule has 0 aliphatic carbocycles. The largest absolute Gasteiger partial charge is 0.385 e. The molecule has 94 valence electrons. The van der Waals surface area contributed by atoms with Crippen LogP contribution >= 0.6 is 23.2 Å². The number of unbranched alkanes of at least 4 members (excludes halogenated alkanes) is 1. The van der Waals surface area contributed by atoms with Crippen LogP contribution in [0.4, 0.5) is 0 Å². The van der Waals surface area contributed by atoms with Crippen molar-refractivity contribution in [3.05, 3.63) is 33.8 Å². The highest BCUT2D eigenvalue weighted by molar-refractivity contribution is 6.36. The number of halogens is 2. The van der Waals surface area contributed by atoms with E-state index in [2.05, 4.69) is 5.32 Å². The first-order valence-electron chi connectivity index (χ1n) is 5.37. The van der Waals surface area contributed by atoms with E-state index in [-0.39, 0.29) is 5.91 Å². The molecule has 17 heavy (non-hydrogen) atoms. The SMILES string of the molecule is COCCCCNC(=O)c1ccc(Cl)cc1Cl. The summed E-state index contributed by atoms with van der Waals surface area (Å²) in [5.41, 5.74) is 0.447. The summed E-state index contributed by atoms with van der Waals surface area (Å²) >= 11 is 11.7. The van der Waals surface area contributed by atoms with Crippen LogP contribution in [0.3, 0.4) is 0 Å². The highest BCUT2D eigenvalue weighted by Crippen LogP contribution is 2.20. The van der Waals surface area contributed by atoms with Gasteiger partial charge >= 0.3 is 0 Å². The molecule has 1 amide bonds. The quantitative estimate of drug-likeness (QED) is 0.810. The number of benzene rings is 1. The number of carbonyl (C=O) groups excluding carboxylic acids is 1. The number of ether oxygens (including phenoxy) is 1. The van der Waals surface area contributed by atoms with Crippen molar-refractivity contribution in [3.8, 4) is 0 Å². The minimum absolute atomic E-state index is 0.177. The molecule has 5 heteroatoms. The minimum atomic E-state index is -0.177. The first kappa shape index (κ1) is 14.3. The van der Waals surface area contributed by atoms with Crippen molar-refractivity contribution < 1.29 is 9.53 Å². The molecule has 0 radical (unpaired) electrons. The maximum absolute atomic E-state index is 11.7. The first-order chi connectivity index (χ1) is 8.15. The van der Waals surface area contributed by atoms with Gasteiger partial charge in [-0.3, -0.25) is 4.79 Å². The molecule has 1 rings (SSSR count). The summed E-state index contributed by atoms with van der Waals surface area (Å²) in [7, 11) is 1.66. The van der Waals surface area contributed by atoms with E-state index in [9.17, 15) is 4.79 Å². The topological polar surface area (TPSA) is 38.3 Å². The van der Waals surface area contributed by atoms with Crippen molar-refractivity contribution in [2.45, 2.75) is 12.8 Å². The van der Waals surface area contributed by atoms with Gasteiger partial charge in [-0.25, -0.2) is 0 Å². The predicted octanol–water partition coefficient (Wildman–Crippen LogP) is 3.15. The van der Waals surface area contributed by atoms with Crippen molar-refractivity contribution in [1.29, 1.82) is 0 Å². The van der Waals surface area contributed by atoms with Crippen molar-refractivity contribution in [2.24, 2.45) is 0 Å². The Bertz CT molecular complexity index is 383. The highest BCUT2D eigenvalue weighted by Gasteiger charge is 2.09. The summed E-state index contributed by atoms with van der Waals surface area (Å²) in [6.45, 7) is 1.32. The Morgan fingerprint density at radius 2 is 2.12 bits per heavy atom. The maximum atomic E-state index is 11.7. The number of hydrogen-bond acceptors (Lipinski definition) is 2.